The van der Waals surface area contributed by atoms with Crippen LogP contribution >= 0.6 is 0 Å². The van der Waals surface area contributed by atoms with E-state index >= 15 is 0 Å². The van der Waals surface area contributed by atoms with Crippen molar-refractivity contribution in [2.75, 3.05) is 0 Å². The Bertz CT molecular complexity index is 729. The quantitative estimate of drug-likeness (QED) is 0.939. The lowest BCUT2D eigenvalue weighted by Gasteiger charge is -2.19. The summed E-state index contributed by atoms with van der Waals surface area (Å²) >= 11 is 0. The Morgan fingerprint density at radius 1 is 1.05 bits per heavy atom. The Hall–Kier alpha value is -1.87. The van der Waals surface area contributed by atoms with Crippen molar-refractivity contribution in [2.45, 2.75) is 47.2 Å². The summed E-state index contributed by atoms with van der Waals surface area (Å²) in [6.45, 7) is 11.0. The molecule has 0 radical (unpaired) electrons. The van der Waals surface area contributed by atoms with Gasteiger partial charge in [-0.25, -0.2) is 0 Å². The van der Waals surface area contributed by atoms with E-state index in [4.69, 9.17) is 5.73 Å². The fourth-order valence-electron chi connectivity index (χ4n) is 2.86. The van der Waals surface area contributed by atoms with E-state index in [-0.39, 0.29) is 11.6 Å². The van der Waals surface area contributed by atoms with Crippen LogP contribution in [0.25, 0.3) is 0 Å². The molecule has 0 saturated carbocycles. The number of nitrogens with two attached hydrogens (primary N) is 1. The summed E-state index contributed by atoms with van der Waals surface area (Å²) in [6, 6.07) is 9.66. The van der Waals surface area contributed by atoms with Crippen LogP contribution in [0.3, 0.4) is 0 Å². The molecule has 0 aliphatic carbocycles. The fraction of sp³-hybridized carbons (Fsp3) is 0.421. The number of pyridine rings is 1. The van der Waals surface area contributed by atoms with Crippen molar-refractivity contribution < 1.29 is 0 Å². The van der Waals surface area contributed by atoms with Crippen LogP contribution < -0.4 is 11.3 Å². The van der Waals surface area contributed by atoms with E-state index in [1.807, 2.05) is 42.7 Å². The summed E-state index contributed by atoms with van der Waals surface area (Å²) in [6.07, 6.45) is 0. The monoisotopic (exact) mass is 298 g/mol. The van der Waals surface area contributed by atoms with Gasteiger partial charge in [-0.2, -0.15) is 0 Å². The largest absolute Gasteiger partial charge is 0.320 e. The van der Waals surface area contributed by atoms with Gasteiger partial charge in [-0.05, 0) is 49.9 Å². The van der Waals surface area contributed by atoms with Gasteiger partial charge >= 0.3 is 0 Å². The average molecular weight is 298 g/mol. The van der Waals surface area contributed by atoms with E-state index in [2.05, 4.69) is 26.8 Å². The van der Waals surface area contributed by atoms with Crippen LogP contribution in [0.1, 0.15) is 47.8 Å². The lowest BCUT2D eigenvalue weighted by atomic mass is 9.95. The van der Waals surface area contributed by atoms with Crippen LogP contribution in [0.4, 0.5) is 0 Å². The van der Waals surface area contributed by atoms with Gasteiger partial charge in [0.05, 0.1) is 6.04 Å². The molecular weight excluding hydrogens is 272 g/mol. The first-order valence-corrected chi connectivity index (χ1v) is 7.84. The zero-order valence-corrected chi connectivity index (χ0v) is 14.2. The molecule has 1 atom stereocenters. The number of aryl methyl sites for hydroxylation is 3. The minimum Gasteiger partial charge on any atom is -0.320 e. The second-order valence-electron chi connectivity index (χ2n) is 6.58. The van der Waals surface area contributed by atoms with Crippen LogP contribution in [0.2, 0.25) is 0 Å². The molecule has 2 N–H and O–H groups in total. The Morgan fingerprint density at radius 3 is 2.27 bits per heavy atom. The summed E-state index contributed by atoms with van der Waals surface area (Å²) in [4.78, 5) is 12.8. The highest BCUT2D eigenvalue weighted by Gasteiger charge is 2.17. The molecule has 0 aliphatic heterocycles. The predicted molar refractivity (Wildman–Crippen MR) is 92.2 cm³/mol. The molecule has 0 bridgehead atoms. The number of rotatable bonds is 4. The summed E-state index contributed by atoms with van der Waals surface area (Å²) in [5.74, 6) is 0.420. The summed E-state index contributed by atoms with van der Waals surface area (Å²) in [7, 11) is 0. The fourth-order valence-corrected chi connectivity index (χ4v) is 2.86. The SMILES string of the molecule is Cc1ccc(C(N)c2ccc(C)n(CC(C)C)c2=O)c(C)c1. The standard InChI is InChI=1S/C19H26N2O/c1-12(2)11-21-15(5)7-9-17(19(21)22)18(20)16-8-6-13(3)10-14(16)4/h6-10,12,18H,11,20H2,1-5H3. The van der Waals surface area contributed by atoms with Crippen LogP contribution in [0.15, 0.2) is 35.1 Å². The van der Waals surface area contributed by atoms with E-state index in [0.717, 1.165) is 23.4 Å². The third kappa shape index (κ3) is 3.30. The molecule has 3 nitrogen and oxygen atoms in total. The van der Waals surface area contributed by atoms with Crippen molar-refractivity contribution in [1.29, 1.82) is 0 Å². The number of hydrogen-bond acceptors (Lipinski definition) is 2. The van der Waals surface area contributed by atoms with Gasteiger partial charge in [0.25, 0.3) is 5.56 Å². The van der Waals surface area contributed by atoms with E-state index in [1.54, 1.807) is 0 Å². The molecule has 22 heavy (non-hydrogen) atoms. The Labute approximate surface area is 132 Å². The zero-order valence-electron chi connectivity index (χ0n) is 14.2. The first-order valence-electron chi connectivity index (χ1n) is 7.84. The molecule has 1 heterocycles. The molecule has 0 saturated heterocycles. The highest BCUT2D eigenvalue weighted by atomic mass is 16.1. The van der Waals surface area contributed by atoms with Crippen LogP contribution in [-0.4, -0.2) is 4.57 Å². The first-order chi connectivity index (χ1) is 10.3. The van der Waals surface area contributed by atoms with Crippen LogP contribution in [0, 0.1) is 26.7 Å². The third-order valence-corrected chi connectivity index (χ3v) is 4.07. The van der Waals surface area contributed by atoms with E-state index < -0.39 is 0 Å². The van der Waals surface area contributed by atoms with Crippen LogP contribution in [0.5, 0.6) is 0 Å². The molecule has 3 heteroatoms. The number of aromatic nitrogens is 1. The molecular formula is C19H26N2O. The van der Waals surface area contributed by atoms with Gasteiger partial charge in [0, 0.05) is 17.8 Å². The second kappa shape index (κ2) is 6.49. The molecule has 2 rings (SSSR count). The van der Waals surface area contributed by atoms with E-state index in [9.17, 15) is 4.79 Å². The highest BCUT2D eigenvalue weighted by molar-refractivity contribution is 5.38. The Kier molecular flexibility index (Phi) is 4.87. The molecule has 1 unspecified atom stereocenters. The highest BCUT2D eigenvalue weighted by Crippen LogP contribution is 2.22. The van der Waals surface area contributed by atoms with Crippen molar-refractivity contribution >= 4 is 0 Å². The van der Waals surface area contributed by atoms with Crippen molar-refractivity contribution in [3.05, 3.63) is 68.6 Å². The van der Waals surface area contributed by atoms with Crippen LogP contribution in [-0.2, 0) is 6.54 Å². The molecule has 0 spiro atoms. The molecule has 0 aliphatic rings. The topological polar surface area (TPSA) is 48.0 Å². The maximum atomic E-state index is 12.8. The molecule has 1 aromatic carbocycles. The van der Waals surface area contributed by atoms with Gasteiger partial charge in [0.2, 0.25) is 0 Å². The molecule has 1 aromatic heterocycles. The maximum Gasteiger partial charge on any atom is 0.255 e. The number of benzene rings is 1. The smallest absolute Gasteiger partial charge is 0.255 e. The molecule has 118 valence electrons. The summed E-state index contributed by atoms with van der Waals surface area (Å²) in [5.41, 5.74) is 11.4. The normalized spacial score (nSPS) is 12.7. The second-order valence-corrected chi connectivity index (χ2v) is 6.58. The minimum absolute atomic E-state index is 0.0289. The molecule has 0 amide bonds. The van der Waals surface area contributed by atoms with Crippen molar-refractivity contribution in [2.24, 2.45) is 11.7 Å². The van der Waals surface area contributed by atoms with Gasteiger partial charge in [0.1, 0.15) is 0 Å². The lowest BCUT2D eigenvalue weighted by Crippen LogP contribution is -2.31. The van der Waals surface area contributed by atoms with Crippen molar-refractivity contribution in [3.63, 3.8) is 0 Å². The predicted octanol–water partition coefficient (Wildman–Crippen LogP) is 3.48. The van der Waals surface area contributed by atoms with Gasteiger partial charge in [-0.1, -0.05) is 37.6 Å². The Morgan fingerprint density at radius 2 is 1.68 bits per heavy atom. The lowest BCUT2D eigenvalue weighted by molar-refractivity contribution is 0.498. The number of hydrogen-bond donors (Lipinski definition) is 1. The van der Waals surface area contributed by atoms with Gasteiger partial charge in [0.15, 0.2) is 0 Å². The van der Waals surface area contributed by atoms with Crippen molar-refractivity contribution in [3.8, 4) is 0 Å². The Balaban J connectivity index is 2.50. The molecule has 2 aromatic rings. The van der Waals surface area contributed by atoms with Gasteiger partial charge in [-0.3, -0.25) is 4.79 Å². The molecule has 0 fully saturated rings. The summed E-state index contributed by atoms with van der Waals surface area (Å²) < 4.78 is 1.84. The first kappa shape index (κ1) is 16.5. The zero-order chi connectivity index (χ0) is 16.4. The minimum atomic E-state index is -0.382. The van der Waals surface area contributed by atoms with Gasteiger partial charge < -0.3 is 10.3 Å². The van der Waals surface area contributed by atoms with Gasteiger partial charge in [-0.15, -0.1) is 0 Å². The number of nitrogens with zero attached hydrogens (tertiary/aromatic N) is 1. The van der Waals surface area contributed by atoms with E-state index in [0.29, 0.717) is 11.5 Å². The van der Waals surface area contributed by atoms with Crippen molar-refractivity contribution in [1.82, 2.24) is 4.57 Å². The van der Waals surface area contributed by atoms with E-state index in [1.165, 1.54) is 5.56 Å². The summed E-state index contributed by atoms with van der Waals surface area (Å²) in [5, 5.41) is 0. The third-order valence-electron chi connectivity index (χ3n) is 4.07. The average Bonchev–Trinajstić information content (AvgIpc) is 2.42. The maximum absolute atomic E-state index is 12.8.